The van der Waals surface area contributed by atoms with E-state index in [0.717, 1.165) is 17.7 Å². The van der Waals surface area contributed by atoms with Gasteiger partial charge < -0.3 is 5.32 Å². The van der Waals surface area contributed by atoms with Gasteiger partial charge in [-0.2, -0.15) is 0 Å². The summed E-state index contributed by atoms with van der Waals surface area (Å²) in [5, 5.41) is 3.45. The molecule has 0 saturated heterocycles. The third kappa shape index (κ3) is 4.10. The third-order valence-corrected chi connectivity index (χ3v) is 2.80. The SMILES string of the molecule is CC(C)NC(Cc1cccnc1)c1ccc(F)cn1. The Morgan fingerprint density at radius 2 is 2.05 bits per heavy atom. The molecule has 0 aromatic carbocycles. The van der Waals surface area contributed by atoms with Crippen molar-refractivity contribution in [2.75, 3.05) is 0 Å². The van der Waals surface area contributed by atoms with Crippen LogP contribution in [0.1, 0.15) is 31.1 Å². The van der Waals surface area contributed by atoms with Gasteiger partial charge in [0.15, 0.2) is 0 Å². The van der Waals surface area contributed by atoms with Crippen molar-refractivity contribution in [1.29, 1.82) is 0 Å². The van der Waals surface area contributed by atoms with Crippen molar-refractivity contribution < 1.29 is 4.39 Å². The summed E-state index contributed by atoms with van der Waals surface area (Å²) in [4.78, 5) is 8.29. The van der Waals surface area contributed by atoms with Gasteiger partial charge in [-0.25, -0.2) is 4.39 Å². The second-order valence-electron chi connectivity index (χ2n) is 4.84. The van der Waals surface area contributed by atoms with Crippen LogP contribution >= 0.6 is 0 Å². The maximum absolute atomic E-state index is 12.9. The lowest BCUT2D eigenvalue weighted by atomic mass is 10.0. The van der Waals surface area contributed by atoms with E-state index < -0.39 is 0 Å². The Kier molecular flexibility index (Phi) is 4.58. The topological polar surface area (TPSA) is 37.8 Å². The minimum absolute atomic E-state index is 0.0600. The molecule has 2 heterocycles. The normalized spacial score (nSPS) is 12.6. The Morgan fingerprint density at radius 3 is 2.63 bits per heavy atom. The van der Waals surface area contributed by atoms with Crippen molar-refractivity contribution in [2.24, 2.45) is 0 Å². The molecule has 19 heavy (non-hydrogen) atoms. The van der Waals surface area contributed by atoms with Crippen molar-refractivity contribution in [1.82, 2.24) is 15.3 Å². The van der Waals surface area contributed by atoms with E-state index >= 15 is 0 Å². The standard InChI is InChI=1S/C15H18FN3/c1-11(2)19-15(8-12-4-3-7-17-9-12)14-6-5-13(16)10-18-14/h3-7,9-11,15,19H,8H2,1-2H3. The van der Waals surface area contributed by atoms with Crippen LogP contribution in [0.15, 0.2) is 42.9 Å². The number of pyridine rings is 2. The number of halogens is 1. The van der Waals surface area contributed by atoms with Crippen LogP contribution in [0.2, 0.25) is 0 Å². The highest BCUT2D eigenvalue weighted by Crippen LogP contribution is 2.17. The Morgan fingerprint density at radius 1 is 1.21 bits per heavy atom. The van der Waals surface area contributed by atoms with E-state index in [-0.39, 0.29) is 11.9 Å². The summed E-state index contributed by atoms with van der Waals surface area (Å²) in [5.41, 5.74) is 1.98. The molecule has 0 spiro atoms. The highest BCUT2D eigenvalue weighted by molar-refractivity contribution is 5.16. The molecule has 2 aromatic heterocycles. The molecule has 100 valence electrons. The Labute approximate surface area is 112 Å². The maximum Gasteiger partial charge on any atom is 0.141 e. The molecule has 1 atom stereocenters. The second-order valence-corrected chi connectivity index (χ2v) is 4.84. The number of rotatable bonds is 5. The van der Waals surface area contributed by atoms with Crippen LogP contribution in [0.5, 0.6) is 0 Å². The lowest BCUT2D eigenvalue weighted by Gasteiger charge is -2.20. The minimum Gasteiger partial charge on any atom is -0.306 e. The fraction of sp³-hybridized carbons (Fsp3) is 0.333. The van der Waals surface area contributed by atoms with Crippen LogP contribution in [-0.4, -0.2) is 16.0 Å². The first-order chi connectivity index (χ1) is 9.15. The Balaban J connectivity index is 2.18. The molecule has 2 rings (SSSR count). The predicted molar refractivity (Wildman–Crippen MR) is 73.1 cm³/mol. The van der Waals surface area contributed by atoms with Crippen LogP contribution in [0.25, 0.3) is 0 Å². The Hall–Kier alpha value is -1.81. The lowest BCUT2D eigenvalue weighted by molar-refractivity contribution is 0.464. The van der Waals surface area contributed by atoms with Gasteiger partial charge in [-0.15, -0.1) is 0 Å². The van der Waals surface area contributed by atoms with Gasteiger partial charge in [0.05, 0.1) is 17.9 Å². The number of hydrogen-bond donors (Lipinski definition) is 1. The average molecular weight is 259 g/mol. The molecule has 4 heteroatoms. The molecule has 0 amide bonds. The zero-order valence-electron chi connectivity index (χ0n) is 11.2. The van der Waals surface area contributed by atoms with Crippen molar-refractivity contribution in [3.63, 3.8) is 0 Å². The van der Waals surface area contributed by atoms with Crippen molar-refractivity contribution >= 4 is 0 Å². The van der Waals surface area contributed by atoms with Crippen LogP contribution in [0.4, 0.5) is 4.39 Å². The van der Waals surface area contributed by atoms with Gasteiger partial charge in [0.1, 0.15) is 5.82 Å². The molecule has 0 radical (unpaired) electrons. The summed E-state index contributed by atoms with van der Waals surface area (Å²) in [5.74, 6) is -0.312. The third-order valence-electron chi connectivity index (χ3n) is 2.80. The van der Waals surface area contributed by atoms with E-state index in [1.54, 1.807) is 12.3 Å². The number of hydrogen-bond acceptors (Lipinski definition) is 3. The molecule has 0 aliphatic carbocycles. The van der Waals surface area contributed by atoms with Crippen molar-refractivity contribution in [3.05, 3.63) is 59.9 Å². The number of nitrogens with zero attached hydrogens (tertiary/aromatic N) is 2. The molecule has 0 fully saturated rings. The van der Waals surface area contributed by atoms with E-state index in [1.165, 1.54) is 12.3 Å². The molecule has 1 N–H and O–H groups in total. The zero-order chi connectivity index (χ0) is 13.7. The molecule has 0 bridgehead atoms. The summed E-state index contributed by atoms with van der Waals surface area (Å²) in [6, 6.07) is 7.51. The van der Waals surface area contributed by atoms with Gasteiger partial charge in [0, 0.05) is 18.4 Å². The molecule has 2 aromatic rings. The van der Waals surface area contributed by atoms with Gasteiger partial charge in [0.2, 0.25) is 0 Å². The Bertz CT molecular complexity index is 497. The van der Waals surface area contributed by atoms with Crippen LogP contribution in [0.3, 0.4) is 0 Å². The zero-order valence-corrected chi connectivity index (χ0v) is 11.2. The van der Waals surface area contributed by atoms with Gasteiger partial charge >= 0.3 is 0 Å². The first kappa shape index (κ1) is 13.6. The fourth-order valence-electron chi connectivity index (χ4n) is 2.00. The second kappa shape index (κ2) is 6.38. The average Bonchev–Trinajstić information content (AvgIpc) is 2.39. The summed E-state index contributed by atoms with van der Waals surface area (Å²) in [7, 11) is 0. The van der Waals surface area contributed by atoms with E-state index in [4.69, 9.17) is 0 Å². The van der Waals surface area contributed by atoms with Crippen molar-refractivity contribution in [3.8, 4) is 0 Å². The van der Waals surface area contributed by atoms with Gasteiger partial charge in [-0.05, 0) is 30.2 Å². The molecule has 1 unspecified atom stereocenters. The monoisotopic (exact) mass is 259 g/mol. The first-order valence-corrected chi connectivity index (χ1v) is 6.41. The van der Waals surface area contributed by atoms with Gasteiger partial charge in [-0.3, -0.25) is 9.97 Å². The predicted octanol–water partition coefficient (Wildman–Crippen LogP) is 2.90. The quantitative estimate of drug-likeness (QED) is 0.897. The lowest BCUT2D eigenvalue weighted by Crippen LogP contribution is -2.30. The molecule has 0 aliphatic heterocycles. The number of aromatic nitrogens is 2. The molecule has 3 nitrogen and oxygen atoms in total. The first-order valence-electron chi connectivity index (χ1n) is 6.41. The summed E-state index contributed by atoms with van der Waals surface area (Å²) in [6.45, 7) is 4.17. The van der Waals surface area contributed by atoms with Gasteiger partial charge in [0.25, 0.3) is 0 Å². The van der Waals surface area contributed by atoms with E-state index in [0.29, 0.717) is 6.04 Å². The van der Waals surface area contributed by atoms with Crippen LogP contribution in [-0.2, 0) is 6.42 Å². The highest BCUT2D eigenvalue weighted by Gasteiger charge is 2.14. The summed E-state index contributed by atoms with van der Waals surface area (Å²) >= 11 is 0. The summed E-state index contributed by atoms with van der Waals surface area (Å²) < 4.78 is 12.9. The van der Waals surface area contributed by atoms with E-state index in [9.17, 15) is 4.39 Å². The van der Waals surface area contributed by atoms with Gasteiger partial charge in [-0.1, -0.05) is 19.9 Å². The highest BCUT2D eigenvalue weighted by atomic mass is 19.1. The van der Waals surface area contributed by atoms with E-state index in [2.05, 4.69) is 29.1 Å². The smallest absolute Gasteiger partial charge is 0.141 e. The van der Waals surface area contributed by atoms with Crippen molar-refractivity contribution in [2.45, 2.75) is 32.4 Å². The fourth-order valence-corrected chi connectivity index (χ4v) is 2.00. The minimum atomic E-state index is -0.312. The largest absolute Gasteiger partial charge is 0.306 e. The molecule has 0 saturated carbocycles. The summed E-state index contributed by atoms with van der Waals surface area (Å²) in [6.07, 6.45) is 5.64. The molecule has 0 aliphatic rings. The molecular formula is C15H18FN3. The number of nitrogens with one attached hydrogen (secondary N) is 1. The van der Waals surface area contributed by atoms with E-state index in [1.807, 2.05) is 18.3 Å². The maximum atomic E-state index is 12.9. The van der Waals surface area contributed by atoms with Crippen LogP contribution in [0, 0.1) is 5.82 Å². The van der Waals surface area contributed by atoms with Crippen LogP contribution < -0.4 is 5.32 Å². The molecular weight excluding hydrogens is 241 g/mol.